The maximum atomic E-state index is 12.7. The van der Waals surface area contributed by atoms with Gasteiger partial charge < -0.3 is 10.1 Å². The Morgan fingerprint density at radius 2 is 1.96 bits per heavy atom. The van der Waals surface area contributed by atoms with Crippen molar-refractivity contribution in [2.75, 3.05) is 6.61 Å². The Hall–Kier alpha value is -1.84. The largest absolute Gasteiger partial charge is 0.494 e. The van der Waals surface area contributed by atoms with E-state index in [4.69, 9.17) is 4.74 Å². The lowest BCUT2D eigenvalue weighted by molar-refractivity contribution is -0.132. The van der Waals surface area contributed by atoms with E-state index in [0.717, 1.165) is 44.3 Å². The number of nitrogens with one attached hydrogen (secondary N) is 1. The van der Waals surface area contributed by atoms with E-state index in [0.29, 0.717) is 12.4 Å². The summed E-state index contributed by atoms with van der Waals surface area (Å²) in [6.07, 6.45) is 5.35. The summed E-state index contributed by atoms with van der Waals surface area (Å²) in [6.45, 7) is 2.65. The Bertz CT molecular complexity index is 653. The van der Waals surface area contributed by atoms with E-state index in [1.54, 1.807) is 0 Å². The lowest BCUT2D eigenvalue weighted by Crippen LogP contribution is -2.38. The maximum Gasteiger partial charge on any atom is 0.223 e. The van der Waals surface area contributed by atoms with Gasteiger partial charge in [-0.05, 0) is 62.6 Å². The van der Waals surface area contributed by atoms with E-state index < -0.39 is 0 Å². The van der Waals surface area contributed by atoms with Crippen LogP contribution in [0.3, 0.4) is 0 Å². The Kier molecular flexibility index (Phi) is 4.07. The van der Waals surface area contributed by atoms with Crippen molar-refractivity contribution >= 4 is 11.7 Å². The molecule has 3 atom stereocenters. The van der Waals surface area contributed by atoms with E-state index >= 15 is 0 Å². The second kappa shape index (κ2) is 6.23. The molecule has 3 aliphatic carbocycles. The molecule has 3 aliphatic rings. The number of hydrogen-bond acceptors (Lipinski definition) is 3. The number of ketones is 1. The van der Waals surface area contributed by atoms with Crippen LogP contribution in [0.25, 0.3) is 0 Å². The highest BCUT2D eigenvalue weighted by Gasteiger charge is 2.44. The molecule has 0 saturated heterocycles. The van der Waals surface area contributed by atoms with Crippen LogP contribution in [-0.4, -0.2) is 18.3 Å². The SMILES string of the molecule is CCOc1cccc2c1CCC2NC(=O)C1CC2CCC(C1)C2=O. The minimum absolute atomic E-state index is 0.0133. The van der Waals surface area contributed by atoms with Gasteiger partial charge >= 0.3 is 0 Å². The fraction of sp³-hybridized carbons (Fsp3) is 0.600. The Morgan fingerprint density at radius 3 is 2.67 bits per heavy atom. The average molecular weight is 327 g/mol. The van der Waals surface area contributed by atoms with E-state index in [-0.39, 0.29) is 29.7 Å². The number of carbonyl (C=O) groups excluding carboxylic acids is 2. The molecule has 24 heavy (non-hydrogen) atoms. The standard InChI is InChI=1S/C20H25NO3/c1-2-24-18-5-3-4-15-16(18)8-9-17(15)21-20(23)14-10-12-6-7-13(11-14)19(12)22/h3-5,12-14,17H,2,6-11H2,1H3,(H,21,23). The Balaban J connectivity index is 1.45. The fourth-order valence-corrected chi connectivity index (χ4v) is 4.84. The summed E-state index contributed by atoms with van der Waals surface area (Å²) in [4.78, 5) is 24.8. The summed E-state index contributed by atoms with van der Waals surface area (Å²) in [7, 11) is 0. The molecule has 1 aromatic carbocycles. The lowest BCUT2D eigenvalue weighted by Gasteiger charge is -2.27. The minimum atomic E-state index is 0.0133. The molecule has 2 bridgehead atoms. The van der Waals surface area contributed by atoms with Gasteiger partial charge in [-0.2, -0.15) is 0 Å². The monoisotopic (exact) mass is 327 g/mol. The van der Waals surface area contributed by atoms with Gasteiger partial charge in [0.15, 0.2) is 0 Å². The molecule has 2 fully saturated rings. The van der Waals surface area contributed by atoms with Crippen molar-refractivity contribution in [2.24, 2.45) is 17.8 Å². The van der Waals surface area contributed by atoms with Crippen LogP contribution in [0.1, 0.15) is 56.2 Å². The second-order valence-electron chi connectivity index (χ2n) is 7.40. The van der Waals surface area contributed by atoms with Crippen LogP contribution in [-0.2, 0) is 16.0 Å². The van der Waals surface area contributed by atoms with Crippen molar-refractivity contribution < 1.29 is 14.3 Å². The predicted molar refractivity (Wildman–Crippen MR) is 90.8 cm³/mol. The molecule has 1 aromatic rings. The summed E-state index contributed by atoms with van der Waals surface area (Å²) in [5, 5.41) is 3.25. The highest BCUT2D eigenvalue weighted by molar-refractivity contribution is 5.89. The van der Waals surface area contributed by atoms with Gasteiger partial charge in [0.25, 0.3) is 0 Å². The normalized spacial score (nSPS) is 31.0. The number of fused-ring (bicyclic) bond motifs is 3. The molecule has 0 radical (unpaired) electrons. The smallest absolute Gasteiger partial charge is 0.223 e. The Morgan fingerprint density at radius 1 is 1.21 bits per heavy atom. The molecule has 1 amide bonds. The van der Waals surface area contributed by atoms with Crippen LogP contribution in [0.2, 0.25) is 0 Å². The van der Waals surface area contributed by atoms with Gasteiger partial charge in [0.05, 0.1) is 12.6 Å². The number of carbonyl (C=O) groups is 2. The molecule has 4 nitrogen and oxygen atoms in total. The molecular formula is C20H25NO3. The van der Waals surface area contributed by atoms with Crippen LogP contribution in [0.15, 0.2) is 18.2 Å². The third-order valence-electron chi connectivity index (χ3n) is 6.02. The van der Waals surface area contributed by atoms with Gasteiger partial charge in [0.1, 0.15) is 11.5 Å². The first-order valence-corrected chi connectivity index (χ1v) is 9.26. The number of Topliss-reactive ketones (excluding diaryl/α,β-unsaturated/α-hetero) is 1. The third kappa shape index (κ3) is 2.62. The van der Waals surface area contributed by atoms with Crippen LogP contribution >= 0.6 is 0 Å². The van der Waals surface area contributed by atoms with Gasteiger partial charge in [-0.25, -0.2) is 0 Å². The summed E-state index contributed by atoms with van der Waals surface area (Å²) in [5.41, 5.74) is 2.44. The van der Waals surface area contributed by atoms with E-state index in [1.807, 2.05) is 19.1 Å². The van der Waals surface area contributed by atoms with Crippen molar-refractivity contribution in [3.63, 3.8) is 0 Å². The van der Waals surface area contributed by atoms with Crippen LogP contribution in [0.5, 0.6) is 5.75 Å². The first-order chi connectivity index (χ1) is 11.7. The zero-order valence-electron chi connectivity index (χ0n) is 14.2. The van der Waals surface area contributed by atoms with Crippen LogP contribution < -0.4 is 10.1 Å². The quantitative estimate of drug-likeness (QED) is 0.924. The summed E-state index contributed by atoms with van der Waals surface area (Å²) in [5.74, 6) is 1.79. The van der Waals surface area contributed by atoms with Gasteiger partial charge in [-0.3, -0.25) is 9.59 Å². The number of hydrogen-bond donors (Lipinski definition) is 1. The third-order valence-corrected chi connectivity index (χ3v) is 6.02. The molecule has 0 spiro atoms. The van der Waals surface area contributed by atoms with E-state index in [1.165, 1.54) is 11.1 Å². The molecular weight excluding hydrogens is 302 g/mol. The average Bonchev–Trinajstić information content (AvgIpc) is 3.04. The molecule has 4 rings (SSSR count). The molecule has 0 aliphatic heterocycles. The lowest BCUT2D eigenvalue weighted by atomic mass is 9.79. The second-order valence-corrected chi connectivity index (χ2v) is 7.40. The molecule has 0 heterocycles. The van der Waals surface area contributed by atoms with Crippen molar-refractivity contribution in [1.29, 1.82) is 0 Å². The maximum absolute atomic E-state index is 12.7. The first kappa shape index (κ1) is 15.7. The molecule has 1 N–H and O–H groups in total. The number of rotatable bonds is 4. The van der Waals surface area contributed by atoms with Gasteiger partial charge in [-0.15, -0.1) is 0 Å². The summed E-state index contributed by atoms with van der Waals surface area (Å²) < 4.78 is 5.72. The minimum Gasteiger partial charge on any atom is -0.494 e. The van der Waals surface area contributed by atoms with Crippen LogP contribution in [0.4, 0.5) is 0 Å². The highest BCUT2D eigenvalue weighted by Crippen LogP contribution is 2.43. The van der Waals surface area contributed by atoms with Gasteiger partial charge in [0, 0.05) is 17.8 Å². The number of ether oxygens (including phenoxy) is 1. The zero-order chi connectivity index (χ0) is 16.7. The van der Waals surface area contributed by atoms with Crippen molar-refractivity contribution in [3.05, 3.63) is 29.3 Å². The molecule has 3 unspecified atom stereocenters. The predicted octanol–water partition coefficient (Wildman–Crippen LogP) is 3.19. The summed E-state index contributed by atoms with van der Waals surface area (Å²) >= 11 is 0. The number of amides is 1. The Labute approximate surface area is 143 Å². The zero-order valence-corrected chi connectivity index (χ0v) is 14.2. The summed E-state index contributed by atoms with van der Waals surface area (Å²) in [6, 6.07) is 6.21. The van der Waals surface area contributed by atoms with Crippen molar-refractivity contribution in [1.82, 2.24) is 5.32 Å². The van der Waals surface area contributed by atoms with E-state index in [9.17, 15) is 9.59 Å². The van der Waals surface area contributed by atoms with Crippen LogP contribution in [0, 0.1) is 17.8 Å². The molecule has 128 valence electrons. The van der Waals surface area contributed by atoms with Gasteiger partial charge in [0.2, 0.25) is 5.91 Å². The fourth-order valence-electron chi connectivity index (χ4n) is 4.84. The first-order valence-electron chi connectivity index (χ1n) is 9.26. The molecule has 2 saturated carbocycles. The molecule has 0 aromatic heterocycles. The molecule has 4 heteroatoms. The number of benzene rings is 1. The van der Waals surface area contributed by atoms with Crippen molar-refractivity contribution in [2.45, 2.75) is 51.5 Å². The van der Waals surface area contributed by atoms with E-state index in [2.05, 4.69) is 11.4 Å². The van der Waals surface area contributed by atoms with Gasteiger partial charge in [-0.1, -0.05) is 12.1 Å². The van der Waals surface area contributed by atoms with Crippen molar-refractivity contribution in [3.8, 4) is 5.75 Å². The highest BCUT2D eigenvalue weighted by atomic mass is 16.5. The topological polar surface area (TPSA) is 55.4 Å².